The van der Waals surface area contributed by atoms with Gasteiger partial charge in [0.25, 0.3) is 5.91 Å². The van der Waals surface area contributed by atoms with Crippen LogP contribution in [0.2, 0.25) is 0 Å². The van der Waals surface area contributed by atoms with Crippen molar-refractivity contribution in [3.63, 3.8) is 0 Å². The number of ether oxygens (including phenoxy) is 1. The molecule has 0 fully saturated rings. The van der Waals surface area contributed by atoms with Crippen LogP contribution in [0.15, 0.2) is 48.5 Å². The van der Waals surface area contributed by atoms with Gasteiger partial charge in [-0.05, 0) is 62.7 Å². The van der Waals surface area contributed by atoms with E-state index in [4.69, 9.17) is 4.74 Å². The van der Waals surface area contributed by atoms with E-state index in [2.05, 4.69) is 10.4 Å². The number of halogens is 1. The van der Waals surface area contributed by atoms with E-state index in [1.807, 2.05) is 45.0 Å². The van der Waals surface area contributed by atoms with Crippen molar-refractivity contribution in [2.24, 2.45) is 0 Å². The lowest BCUT2D eigenvalue weighted by Gasteiger charge is -2.10. The second kappa shape index (κ2) is 7.39. The number of rotatable bonds is 5. The number of amides is 1. The fourth-order valence-corrected chi connectivity index (χ4v) is 2.68. The van der Waals surface area contributed by atoms with Crippen molar-refractivity contribution < 1.29 is 13.9 Å². The molecule has 1 amide bonds. The van der Waals surface area contributed by atoms with Gasteiger partial charge in [-0.2, -0.15) is 5.10 Å². The molecule has 2 aromatic carbocycles. The van der Waals surface area contributed by atoms with Gasteiger partial charge >= 0.3 is 0 Å². The van der Waals surface area contributed by atoms with E-state index in [0.29, 0.717) is 17.1 Å². The van der Waals surface area contributed by atoms with Gasteiger partial charge in [0.15, 0.2) is 12.4 Å². The molecular formula is C20H20FN3O2. The average Bonchev–Trinajstić information content (AvgIpc) is 2.91. The molecule has 0 aliphatic carbocycles. The first-order valence-corrected chi connectivity index (χ1v) is 8.25. The molecule has 0 unspecified atom stereocenters. The highest BCUT2D eigenvalue weighted by atomic mass is 19.1. The van der Waals surface area contributed by atoms with Crippen LogP contribution in [0, 0.1) is 26.6 Å². The van der Waals surface area contributed by atoms with Crippen molar-refractivity contribution in [2.45, 2.75) is 20.8 Å². The molecule has 1 aromatic heterocycles. The number of aromatic nitrogens is 2. The third-order valence-corrected chi connectivity index (χ3v) is 3.83. The van der Waals surface area contributed by atoms with E-state index in [1.165, 1.54) is 10.7 Å². The largest absolute Gasteiger partial charge is 0.484 e. The maximum absolute atomic E-state index is 14.4. The number of carbonyl (C=O) groups excluding carboxylic acids is 1. The van der Waals surface area contributed by atoms with Gasteiger partial charge < -0.3 is 10.1 Å². The van der Waals surface area contributed by atoms with Crippen LogP contribution in [0.5, 0.6) is 5.75 Å². The summed E-state index contributed by atoms with van der Waals surface area (Å²) in [5, 5.41) is 6.90. The molecule has 26 heavy (non-hydrogen) atoms. The highest BCUT2D eigenvalue weighted by molar-refractivity contribution is 5.92. The summed E-state index contributed by atoms with van der Waals surface area (Å²) >= 11 is 0. The SMILES string of the molecule is Cc1cccc(OCC(=O)Nc2ccc(-n3nc(C)cc3C)c(F)c2)c1. The standard InChI is InChI=1S/C20H20FN3O2/c1-13-5-4-6-17(9-13)26-12-20(25)22-16-7-8-19(18(21)11-16)24-15(3)10-14(2)23-24/h4-11H,12H2,1-3H3,(H,22,25). The summed E-state index contributed by atoms with van der Waals surface area (Å²) in [6, 6.07) is 13.8. The molecule has 6 heteroatoms. The quantitative estimate of drug-likeness (QED) is 0.755. The zero-order chi connectivity index (χ0) is 18.7. The summed E-state index contributed by atoms with van der Waals surface area (Å²) in [6.45, 7) is 5.51. The van der Waals surface area contributed by atoms with Crippen LogP contribution in [0.4, 0.5) is 10.1 Å². The number of benzene rings is 2. The summed E-state index contributed by atoms with van der Waals surface area (Å²) in [5.41, 5.74) is 3.40. The Morgan fingerprint density at radius 1 is 1.15 bits per heavy atom. The van der Waals surface area contributed by atoms with Gasteiger partial charge in [-0.15, -0.1) is 0 Å². The molecule has 0 saturated carbocycles. The Labute approximate surface area is 151 Å². The number of aryl methyl sites for hydroxylation is 3. The predicted octanol–water partition coefficient (Wildman–Crippen LogP) is 3.95. The molecule has 0 atom stereocenters. The molecular weight excluding hydrogens is 333 g/mol. The Hall–Kier alpha value is -3.15. The molecule has 3 rings (SSSR count). The van der Waals surface area contributed by atoms with E-state index in [1.54, 1.807) is 18.2 Å². The smallest absolute Gasteiger partial charge is 0.262 e. The van der Waals surface area contributed by atoms with Gasteiger partial charge in [-0.1, -0.05) is 12.1 Å². The van der Waals surface area contributed by atoms with Crippen LogP contribution < -0.4 is 10.1 Å². The molecule has 5 nitrogen and oxygen atoms in total. The normalized spacial score (nSPS) is 10.6. The first kappa shape index (κ1) is 17.7. The Morgan fingerprint density at radius 2 is 1.96 bits per heavy atom. The van der Waals surface area contributed by atoms with Crippen LogP contribution >= 0.6 is 0 Å². The maximum atomic E-state index is 14.4. The van der Waals surface area contributed by atoms with Crippen molar-refractivity contribution >= 4 is 11.6 Å². The van der Waals surface area contributed by atoms with Crippen molar-refractivity contribution in [3.8, 4) is 11.4 Å². The topological polar surface area (TPSA) is 56.1 Å². The summed E-state index contributed by atoms with van der Waals surface area (Å²) in [6.07, 6.45) is 0. The number of nitrogens with zero attached hydrogens (tertiary/aromatic N) is 2. The Bertz CT molecular complexity index is 950. The average molecular weight is 353 g/mol. The number of anilines is 1. The summed E-state index contributed by atoms with van der Waals surface area (Å²) in [5.74, 6) is -0.204. The third kappa shape index (κ3) is 4.08. The van der Waals surface area contributed by atoms with Crippen LogP contribution in [0.3, 0.4) is 0 Å². The molecule has 134 valence electrons. The maximum Gasteiger partial charge on any atom is 0.262 e. The minimum atomic E-state index is -0.464. The second-order valence-corrected chi connectivity index (χ2v) is 6.16. The van der Waals surface area contributed by atoms with E-state index in [-0.39, 0.29) is 12.5 Å². The van der Waals surface area contributed by atoms with E-state index in [0.717, 1.165) is 17.0 Å². The molecule has 0 radical (unpaired) electrons. The predicted molar refractivity (Wildman–Crippen MR) is 98.3 cm³/mol. The number of carbonyl (C=O) groups is 1. The highest BCUT2D eigenvalue weighted by Gasteiger charge is 2.11. The van der Waals surface area contributed by atoms with E-state index >= 15 is 0 Å². The van der Waals surface area contributed by atoms with Crippen LogP contribution in [-0.2, 0) is 4.79 Å². The van der Waals surface area contributed by atoms with E-state index in [9.17, 15) is 9.18 Å². The lowest BCUT2D eigenvalue weighted by molar-refractivity contribution is -0.118. The number of hydrogen-bond donors (Lipinski definition) is 1. The summed E-state index contributed by atoms with van der Waals surface area (Å²) < 4.78 is 21.4. The Kier molecular flexibility index (Phi) is 5.02. The zero-order valence-electron chi connectivity index (χ0n) is 14.9. The van der Waals surface area contributed by atoms with Crippen molar-refractivity contribution in [3.05, 3.63) is 71.3 Å². The first-order valence-electron chi connectivity index (χ1n) is 8.25. The van der Waals surface area contributed by atoms with E-state index < -0.39 is 5.82 Å². The summed E-state index contributed by atoms with van der Waals surface area (Å²) in [7, 11) is 0. The zero-order valence-corrected chi connectivity index (χ0v) is 14.9. The second-order valence-electron chi connectivity index (χ2n) is 6.16. The molecule has 0 saturated heterocycles. The highest BCUT2D eigenvalue weighted by Crippen LogP contribution is 2.20. The number of nitrogens with one attached hydrogen (secondary N) is 1. The first-order chi connectivity index (χ1) is 12.4. The van der Waals surface area contributed by atoms with Gasteiger partial charge in [0, 0.05) is 11.4 Å². The third-order valence-electron chi connectivity index (χ3n) is 3.83. The Balaban J connectivity index is 1.66. The minimum Gasteiger partial charge on any atom is -0.484 e. The van der Waals surface area contributed by atoms with Crippen LogP contribution in [0.1, 0.15) is 17.0 Å². The minimum absolute atomic E-state index is 0.149. The lowest BCUT2D eigenvalue weighted by atomic mass is 10.2. The van der Waals surface area contributed by atoms with Gasteiger partial charge in [-0.3, -0.25) is 4.79 Å². The fourth-order valence-electron chi connectivity index (χ4n) is 2.68. The molecule has 1 heterocycles. The fraction of sp³-hybridized carbons (Fsp3) is 0.200. The molecule has 0 aliphatic rings. The lowest BCUT2D eigenvalue weighted by Crippen LogP contribution is -2.20. The van der Waals surface area contributed by atoms with Crippen molar-refractivity contribution in [1.82, 2.24) is 9.78 Å². The molecule has 0 bridgehead atoms. The van der Waals surface area contributed by atoms with Crippen LogP contribution in [0.25, 0.3) is 5.69 Å². The Morgan fingerprint density at radius 3 is 2.62 bits per heavy atom. The molecule has 0 aliphatic heterocycles. The molecule has 3 aromatic rings. The number of hydrogen-bond acceptors (Lipinski definition) is 3. The van der Waals surface area contributed by atoms with Crippen LogP contribution in [-0.4, -0.2) is 22.3 Å². The molecule has 1 N–H and O–H groups in total. The summed E-state index contributed by atoms with van der Waals surface area (Å²) in [4.78, 5) is 12.0. The monoisotopic (exact) mass is 353 g/mol. The van der Waals surface area contributed by atoms with Gasteiger partial charge in [0.05, 0.1) is 5.69 Å². The molecule has 0 spiro atoms. The van der Waals surface area contributed by atoms with Gasteiger partial charge in [0.2, 0.25) is 0 Å². The van der Waals surface area contributed by atoms with Gasteiger partial charge in [0.1, 0.15) is 11.4 Å². The van der Waals surface area contributed by atoms with Crippen molar-refractivity contribution in [2.75, 3.05) is 11.9 Å². The van der Waals surface area contributed by atoms with Crippen molar-refractivity contribution in [1.29, 1.82) is 0 Å². The van der Waals surface area contributed by atoms with Gasteiger partial charge in [-0.25, -0.2) is 9.07 Å².